The first-order valence-electron chi connectivity index (χ1n) is 10.5. The first-order chi connectivity index (χ1) is 16.0. The third-order valence-corrected chi connectivity index (χ3v) is 6.47. The van der Waals surface area contributed by atoms with Crippen LogP contribution in [0.3, 0.4) is 0 Å². The molecule has 0 saturated carbocycles. The zero-order chi connectivity index (χ0) is 22.9. The number of carbonyl (C=O) groups excluding carboxylic acids is 1. The van der Waals surface area contributed by atoms with Crippen LogP contribution in [-0.4, -0.2) is 39.1 Å². The Kier molecular flexibility index (Phi) is 4.08. The number of carbonyl (C=O) groups is 1. The summed E-state index contributed by atoms with van der Waals surface area (Å²) in [6.45, 7) is 1.46. The van der Waals surface area contributed by atoms with E-state index < -0.39 is 11.6 Å². The number of aliphatic hydroxyl groups is 2. The molecule has 0 spiro atoms. The van der Waals surface area contributed by atoms with Crippen molar-refractivity contribution in [3.8, 4) is 34.7 Å². The fourth-order valence-electron chi connectivity index (χ4n) is 4.74. The monoisotopic (exact) mass is 446 g/mol. The van der Waals surface area contributed by atoms with Crippen molar-refractivity contribution in [3.05, 3.63) is 50.8 Å². The number of benzene rings is 1. The topological polar surface area (TPSA) is 120 Å². The zero-order valence-electron chi connectivity index (χ0n) is 17.6. The van der Waals surface area contributed by atoms with Crippen molar-refractivity contribution in [2.24, 2.45) is 0 Å². The third-order valence-electron chi connectivity index (χ3n) is 6.47. The Bertz CT molecular complexity index is 1510. The largest absolute Gasteiger partial charge is 0.458 e. The van der Waals surface area contributed by atoms with Gasteiger partial charge in [0, 0.05) is 28.1 Å². The number of pyridine rings is 2. The van der Waals surface area contributed by atoms with Crippen LogP contribution in [0.15, 0.2) is 23.0 Å². The van der Waals surface area contributed by atoms with Gasteiger partial charge in [-0.25, -0.2) is 9.78 Å². The highest BCUT2D eigenvalue weighted by atomic mass is 16.7. The minimum Gasteiger partial charge on any atom is -0.458 e. The Labute approximate surface area is 187 Å². The summed E-state index contributed by atoms with van der Waals surface area (Å²) in [5.74, 6) is 6.06. The summed E-state index contributed by atoms with van der Waals surface area (Å²) >= 11 is 0. The van der Waals surface area contributed by atoms with Gasteiger partial charge in [0.1, 0.15) is 13.2 Å². The summed E-state index contributed by atoms with van der Waals surface area (Å²) in [7, 11) is 0. The summed E-state index contributed by atoms with van der Waals surface area (Å²) in [6, 6.07) is 5.20. The van der Waals surface area contributed by atoms with Crippen LogP contribution in [0, 0.1) is 11.8 Å². The lowest BCUT2D eigenvalue weighted by atomic mass is 9.86. The molecule has 0 bridgehead atoms. The van der Waals surface area contributed by atoms with Gasteiger partial charge >= 0.3 is 5.97 Å². The van der Waals surface area contributed by atoms with Crippen molar-refractivity contribution in [1.29, 1.82) is 0 Å². The molecule has 9 nitrogen and oxygen atoms in total. The van der Waals surface area contributed by atoms with Gasteiger partial charge in [0.05, 0.1) is 29.0 Å². The van der Waals surface area contributed by atoms with E-state index >= 15 is 0 Å². The van der Waals surface area contributed by atoms with E-state index in [9.17, 15) is 19.8 Å². The predicted molar refractivity (Wildman–Crippen MR) is 115 cm³/mol. The number of aromatic nitrogens is 2. The molecule has 33 heavy (non-hydrogen) atoms. The van der Waals surface area contributed by atoms with Gasteiger partial charge in [-0.15, -0.1) is 0 Å². The molecular formula is C24H18N2O7. The Balaban J connectivity index is 1.66. The molecule has 166 valence electrons. The molecule has 2 N–H and O–H groups in total. The third kappa shape index (κ3) is 2.59. The van der Waals surface area contributed by atoms with E-state index in [1.165, 1.54) is 0 Å². The minimum absolute atomic E-state index is 0.0659. The van der Waals surface area contributed by atoms with Crippen LogP contribution in [0.4, 0.5) is 0 Å². The second-order valence-electron chi connectivity index (χ2n) is 8.10. The van der Waals surface area contributed by atoms with Gasteiger partial charge < -0.3 is 29.0 Å². The molecule has 3 aliphatic rings. The summed E-state index contributed by atoms with van der Waals surface area (Å²) in [4.78, 5) is 30.5. The molecule has 1 atom stereocenters. The van der Waals surface area contributed by atoms with E-state index in [0.717, 1.165) is 0 Å². The molecule has 9 heteroatoms. The predicted octanol–water partition coefficient (Wildman–Crippen LogP) is 1.15. The van der Waals surface area contributed by atoms with Crippen molar-refractivity contribution in [3.63, 3.8) is 0 Å². The molecule has 3 aliphatic heterocycles. The van der Waals surface area contributed by atoms with Gasteiger partial charge in [-0.3, -0.25) is 4.79 Å². The van der Waals surface area contributed by atoms with E-state index in [2.05, 4.69) is 11.8 Å². The van der Waals surface area contributed by atoms with E-state index in [1.54, 1.807) is 29.7 Å². The number of rotatable bonds is 1. The molecular weight excluding hydrogens is 428 g/mol. The standard InChI is InChI=1S/C24H18N2O7/c1-2-24(30)16-7-18-21-14(9-26(18)22(28)15(16)10-31-23(24)29)12(4-3-5-27)13-6-19-20(33-11-32-19)8-17(13)25-21/h6-8,27,30H,2,5,9-11H2,1H3/t24-/m0/s1. The first kappa shape index (κ1) is 19.8. The van der Waals surface area contributed by atoms with Crippen LogP contribution in [0.25, 0.3) is 22.3 Å². The maximum absolute atomic E-state index is 13.4. The molecule has 0 saturated heterocycles. The molecule has 6 rings (SSSR count). The van der Waals surface area contributed by atoms with Crippen LogP contribution in [0.1, 0.15) is 35.6 Å². The average Bonchev–Trinajstić information content (AvgIpc) is 3.42. The minimum atomic E-state index is -1.90. The Morgan fingerprint density at radius 3 is 2.70 bits per heavy atom. The molecule has 0 aliphatic carbocycles. The highest BCUT2D eigenvalue weighted by Crippen LogP contribution is 2.42. The first-order valence-corrected chi connectivity index (χ1v) is 10.5. The SMILES string of the molecule is CC[C@@]1(O)C(=O)OCc2c1cc1n(c2=O)Cc2c-1nc1cc3c(cc1c2C#CCO)OCO3. The van der Waals surface area contributed by atoms with Crippen LogP contribution < -0.4 is 15.0 Å². The van der Waals surface area contributed by atoms with Crippen molar-refractivity contribution < 1.29 is 29.2 Å². The van der Waals surface area contributed by atoms with Gasteiger partial charge in [-0.1, -0.05) is 18.8 Å². The quantitative estimate of drug-likeness (QED) is 0.330. The van der Waals surface area contributed by atoms with E-state index in [-0.39, 0.29) is 49.7 Å². The normalized spacial score (nSPS) is 19.4. The fourth-order valence-corrected chi connectivity index (χ4v) is 4.74. The van der Waals surface area contributed by atoms with Gasteiger partial charge in [-0.2, -0.15) is 0 Å². The Morgan fingerprint density at radius 2 is 1.94 bits per heavy atom. The molecule has 0 amide bonds. The maximum atomic E-state index is 13.4. The molecule has 0 unspecified atom stereocenters. The smallest absolute Gasteiger partial charge is 0.343 e. The average molecular weight is 446 g/mol. The van der Waals surface area contributed by atoms with Crippen LogP contribution in [0.5, 0.6) is 11.5 Å². The summed E-state index contributed by atoms with van der Waals surface area (Å²) in [5, 5.41) is 21.1. The maximum Gasteiger partial charge on any atom is 0.343 e. The number of ether oxygens (including phenoxy) is 3. The highest BCUT2D eigenvalue weighted by molar-refractivity contribution is 5.93. The Morgan fingerprint density at radius 1 is 1.15 bits per heavy atom. The molecule has 1 aromatic carbocycles. The number of hydrogen-bond acceptors (Lipinski definition) is 8. The Hall–Kier alpha value is -3.87. The van der Waals surface area contributed by atoms with Crippen molar-refractivity contribution in [1.82, 2.24) is 9.55 Å². The van der Waals surface area contributed by atoms with Gasteiger partial charge in [0.15, 0.2) is 17.1 Å². The van der Waals surface area contributed by atoms with Gasteiger partial charge in [0.25, 0.3) is 5.56 Å². The second-order valence-corrected chi connectivity index (χ2v) is 8.10. The molecule has 5 heterocycles. The molecule has 2 aromatic heterocycles. The van der Waals surface area contributed by atoms with Crippen LogP contribution >= 0.6 is 0 Å². The number of hydrogen-bond donors (Lipinski definition) is 2. The van der Waals surface area contributed by atoms with Crippen molar-refractivity contribution in [2.75, 3.05) is 13.4 Å². The molecule has 3 aromatic rings. The van der Waals surface area contributed by atoms with Crippen LogP contribution in [0.2, 0.25) is 0 Å². The number of cyclic esters (lactones) is 1. The summed E-state index contributed by atoms with van der Waals surface area (Å²) in [6.07, 6.45) is 0.0659. The van der Waals surface area contributed by atoms with Crippen molar-refractivity contribution >= 4 is 16.9 Å². The molecule has 0 fully saturated rings. The summed E-state index contributed by atoms with van der Waals surface area (Å²) in [5.41, 5.74) is 1.21. The van der Waals surface area contributed by atoms with Gasteiger partial charge in [0.2, 0.25) is 6.79 Å². The zero-order valence-corrected chi connectivity index (χ0v) is 17.6. The van der Waals surface area contributed by atoms with Gasteiger partial charge in [-0.05, 0) is 18.6 Å². The lowest BCUT2D eigenvalue weighted by Crippen LogP contribution is -2.44. The number of fused-ring (bicyclic) bond motifs is 6. The fraction of sp³-hybridized carbons (Fsp3) is 0.292. The summed E-state index contributed by atoms with van der Waals surface area (Å²) < 4.78 is 17.7. The molecule has 0 radical (unpaired) electrons. The lowest BCUT2D eigenvalue weighted by molar-refractivity contribution is -0.172. The van der Waals surface area contributed by atoms with E-state index in [0.29, 0.717) is 44.9 Å². The number of esters is 1. The number of nitrogens with zero attached hydrogens (tertiary/aromatic N) is 2. The van der Waals surface area contributed by atoms with Crippen molar-refractivity contribution in [2.45, 2.75) is 32.1 Å². The van der Waals surface area contributed by atoms with E-state index in [1.807, 2.05) is 0 Å². The number of aliphatic hydroxyl groups excluding tert-OH is 1. The second kappa shape index (κ2) is 6.81. The van der Waals surface area contributed by atoms with E-state index in [4.69, 9.17) is 19.2 Å². The highest BCUT2D eigenvalue weighted by Gasteiger charge is 2.45. The lowest BCUT2D eigenvalue weighted by Gasteiger charge is -2.31. The van der Waals surface area contributed by atoms with Crippen LogP contribution in [-0.2, 0) is 28.3 Å².